The summed E-state index contributed by atoms with van der Waals surface area (Å²) in [7, 11) is 0. The van der Waals surface area contributed by atoms with E-state index in [2.05, 4.69) is 28.9 Å². The molecule has 0 saturated carbocycles. The minimum atomic E-state index is -0.542. The van der Waals surface area contributed by atoms with Gasteiger partial charge >= 0.3 is 0 Å². The Balaban J connectivity index is 1.78. The van der Waals surface area contributed by atoms with Crippen molar-refractivity contribution in [3.63, 3.8) is 0 Å². The normalized spacial score (nSPS) is 15.4. The van der Waals surface area contributed by atoms with Gasteiger partial charge in [-0.3, -0.25) is 19.8 Å². The molecule has 5 nitrogen and oxygen atoms in total. The first-order valence-corrected chi connectivity index (χ1v) is 11.5. The fourth-order valence-corrected chi connectivity index (χ4v) is 4.58. The van der Waals surface area contributed by atoms with E-state index in [0.717, 1.165) is 29.1 Å². The van der Waals surface area contributed by atoms with Crippen LogP contribution in [0.5, 0.6) is 0 Å². The summed E-state index contributed by atoms with van der Waals surface area (Å²) in [6.45, 7) is 6.08. The zero-order chi connectivity index (χ0) is 23.9. The summed E-state index contributed by atoms with van der Waals surface area (Å²) in [4.78, 5) is 27.3. The SMILES string of the molecule is CCc1ccccc1-n1c(C)cc(/C=C2\C(=O)NC(=S)N(c3ccc(Cl)c(Cl)c3)C2=O)c1C. The molecular weight excluding hydrogens is 477 g/mol. The Labute approximate surface area is 207 Å². The average molecular weight is 498 g/mol. The number of carbonyl (C=O) groups excluding carboxylic acids is 2. The highest BCUT2D eigenvalue weighted by atomic mass is 35.5. The molecule has 3 aromatic rings. The van der Waals surface area contributed by atoms with Crippen LogP contribution in [-0.4, -0.2) is 21.5 Å². The fourth-order valence-electron chi connectivity index (χ4n) is 4.00. The van der Waals surface area contributed by atoms with Gasteiger partial charge in [-0.15, -0.1) is 0 Å². The van der Waals surface area contributed by atoms with Crippen molar-refractivity contribution in [3.8, 4) is 5.69 Å². The number of para-hydroxylation sites is 1. The first-order valence-electron chi connectivity index (χ1n) is 10.4. The molecule has 0 unspecified atom stereocenters. The van der Waals surface area contributed by atoms with E-state index < -0.39 is 11.8 Å². The van der Waals surface area contributed by atoms with Crippen LogP contribution in [-0.2, 0) is 16.0 Å². The summed E-state index contributed by atoms with van der Waals surface area (Å²) in [6.07, 6.45) is 2.50. The van der Waals surface area contributed by atoms with Gasteiger partial charge < -0.3 is 4.57 Å². The number of thiocarbonyl (C=S) groups is 1. The molecule has 1 aliphatic rings. The predicted molar refractivity (Wildman–Crippen MR) is 137 cm³/mol. The second-order valence-corrected chi connectivity index (χ2v) is 8.90. The third-order valence-electron chi connectivity index (χ3n) is 5.65. The van der Waals surface area contributed by atoms with E-state index in [9.17, 15) is 9.59 Å². The molecule has 0 radical (unpaired) electrons. The van der Waals surface area contributed by atoms with Crippen LogP contribution in [0.25, 0.3) is 11.8 Å². The van der Waals surface area contributed by atoms with E-state index in [-0.39, 0.29) is 15.7 Å². The molecule has 8 heteroatoms. The summed E-state index contributed by atoms with van der Waals surface area (Å²) in [5.74, 6) is -1.07. The molecule has 2 heterocycles. The summed E-state index contributed by atoms with van der Waals surface area (Å²) in [6, 6.07) is 14.9. The maximum atomic E-state index is 13.3. The van der Waals surface area contributed by atoms with Gasteiger partial charge in [0.1, 0.15) is 5.57 Å². The van der Waals surface area contributed by atoms with Crippen LogP contribution in [0.15, 0.2) is 54.1 Å². The molecular formula is C25H21Cl2N3O2S. The molecule has 1 aromatic heterocycles. The molecule has 168 valence electrons. The lowest BCUT2D eigenvalue weighted by Gasteiger charge is -2.29. The number of aryl methyl sites for hydroxylation is 2. The summed E-state index contributed by atoms with van der Waals surface area (Å²) in [5, 5.41) is 3.23. The average Bonchev–Trinajstić information content (AvgIpc) is 3.06. The molecule has 1 fully saturated rings. The van der Waals surface area contributed by atoms with Crippen molar-refractivity contribution in [2.75, 3.05) is 4.90 Å². The second-order valence-electron chi connectivity index (χ2n) is 7.70. The van der Waals surface area contributed by atoms with Crippen molar-refractivity contribution >= 4 is 64.1 Å². The molecule has 2 amide bonds. The van der Waals surface area contributed by atoms with Crippen molar-refractivity contribution in [3.05, 3.63) is 86.7 Å². The van der Waals surface area contributed by atoms with E-state index in [1.54, 1.807) is 18.2 Å². The Kier molecular flexibility index (Phi) is 6.43. The highest BCUT2D eigenvalue weighted by Gasteiger charge is 2.35. The molecule has 2 aromatic carbocycles. The van der Waals surface area contributed by atoms with Crippen molar-refractivity contribution < 1.29 is 9.59 Å². The largest absolute Gasteiger partial charge is 0.318 e. The van der Waals surface area contributed by atoms with Crippen LogP contribution in [0.2, 0.25) is 10.0 Å². The number of hydrogen-bond acceptors (Lipinski definition) is 3. The number of carbonyl (C=O) groups is 2. The molecule has 0 atom stereocenters. The van der Waals surface area contributed by atoms with Crippen LogP contribution >= 0.6 is 35.4 Å². The quantitative estimate of drug-likeness (QED) is 0.281. The number of amides is 2. The molecule has 1 N–H and O–H groups in total. The number of aromatic nitrogens is 1. The molecule has 4 rings (SSSR count). The lowest BCUT2D eigenvalue weighted by Crippen LogP contribution is -2.54. The number of hydrogen-bond donors (Lipinski definition) is 1. The topological polar surface area (TPSA) is 54.3 Å². The number of anilines is 1. The zero-order valence-corrected chi connectivity index (χ0v) is 20.6. The van der Waals surface area contributed by atoms with Gasteiger partial charge in [0.2, 0.25) is 0 Å². The van der Waals surface area contributed by atoms with Crippen molar-refractivity contribution in [2.24, 2.45) is 0 Å². The van der Waals surface area contributed by atoms with Crippen molar-refractivity contribution in [1.82, 2.24) is 9.88 Å². The first kappa shape index (κ1) is 23.2. The summed E-state index contributed by atoms with van der Waals surface area (Å²) < 4.78 is 2.14. The van der Waals surface area contributed by atoms with Crippen LogP contribution in [0.1, 0.15) is 29.4 Å². The van der Waals surface area contributed by atoms with Gasteiger partial charge in [0, 0.05) is 17.1 Å². The minimum Gasteiger partial charge on any atom is -0.318 e. The third kappa shape index (κ3) is 4.22. The van der Waals surface area contributed by atoms with Gasteiger partial charge in [-0.2, -0.15) is 0 Å². The van der Waals surface area contributed by atoms with Crippen LogP contribution in [0, 0.1) is 13.8 Å². The van der Waals surface area contributed by atoms with Crippen molar-refractivity contribution in [1.29, 1.82) is 0 Å². The van der Waals surface area contributed by atoms with Gasteiger partial charge in [0.15, 0.2) is 5.11 Å². The second kappa shape index (κ2) is 9.14. The predicted octanol–water partition coefficient (Wildman–Crippen LogP) is 5.79. The molecule has 33 heavy (non-hydrogen) atoms. The zero-order valence-electron chi connectivity index (χ0n) is 18.3. The summed E-state index contributed by atoms with van der Waals surface area (Å²) >= 11 is 17.4. The molecule has 1 aliphatic heterocycles. The third-order valence-corrected chi connectivity index (χ3v) is 6.67. The van der Waals surface area contributed by atoms with Gasteiger partial charge in [0.05, 0.1) is 15.7 Å². The Bertz CT molecular complexity index is 1340. The highest BCUT2D eigenvalue weighted by molar-refractivity contribution is 7.80. The van der Waals surface area contributed by atoms with E-state index in [1.165, 1.54) is 16.5 Å². The van der Waals surface area contributed by atoms with Crippen LogP contribution in [0.3, 0.4) is 0 Å². The Morgan fingerprint density at radius 3 is 2.45 bits per heavy atom. The number of halogens is 2. The van der Waals surface area contributed by atoms with Gasteiger partial charge in [0.25, 0.3) is 11.8 Å². The summed E-state index contributed by atoms with van der Waals surface area (Å²) in [5.41, 5.74) is 5.40. The Morgan fingerprint density at radius 2 is 1.76 bits per heavy atom. The molecule has 1 saturated heterocycles. The van der Waals surface area contributed by atoms with E-state index >= 15 is 0 Å². The monoisotopic (exact) mass is 497 g/mol. The first-order chi connectivity index (χ1) is 15.7. The Morgan fingerprint density at radius 1 is 1.03 bits per heavy atom. The number of nitrogens with one attached hydrogen (secondary N) is 1. The Hall–Kier alpha value is -2.93. The number of rotatable bonds is 4. The lowest BCUT2D eigenvalue weighted by molar-refractivity contribution is -0.122. The smallest absolute Gasteiger partial charge is 0.270 e. The maximum Gasteiger partial charge on any atom is 0.270 e. The molecule has 0 spiro atoms. The van der Waals surface area contributed by atoms with Crippen LogP contribution < -0.4 is 10.2 Å². The van der Waals surface area contributed by atoms with Gasteiger partial charge in [-0.1, -0.05) is 48.3 Å². The van der Waals surface area contributed by atoms with E-state index in [1.807, 2.05) is 32.0 Å². The van der Waals surface area contributed by atoms with Crippen LogP contribution in [0.4, 0.5) is 5.69 Å². The fraction of sp³-hybridized carbons (Fsp3) is 0.160. The van der Waals surface area contributed by atoms with Gasteiger partial charge in [-0.05, 0) is 80.0 Å². The lowest BCUT2D eigenvalue weighted by atomic mass is 10.1. The van der Waals surface area contributed by atoms with E-state index in [4.69, 9.17) is 35.4 Å². The number of benzene rings is 2. The maximum absolute atomic E-state index is 13.3. The molecule has 0 aliphatic carbocycles. The van der Waals surface area contributed by atoms with Crippen molar-refractivity contribution in [2.45, 2.75) is 27.2 Å². The van der Waals surface area contributed by atoms with E-state index in [0.29, 0.717) is 10.7 Å². The number of nitrogens with zero attached hydrogens (tertiary/aromatic N) is 2. The highest BCUT2D eigenvalue weighted by Crippen LogP contribution is 2.30. The van der Waals surface area contributed by atoms with Gasteiger partial charge in [-0.25, -0.2) is 0 Å². The minimum absolute atomic E-state index is 0.0112. The molecule has 0 bridgehead atoms. The standard InChI is InChI=1S/C25H21Cl2N3O2S/c1-4-16-7-5-6-8-22(16)29-14(2)11-17(15(29)3)12-19-23(31)28-25(33)30(24(19)32)18-9-10-20(26)21(27)13-18/h5-13H,4H2,1-3H3,(H,28,31,33)/b19-12+.